The van der Waals surface area contributed by atoms with Crippen LogP contribution < -0.4 is 0 Å². The monoisotopic (exact) mass is 384 g/mol. The largest absolute Gasteiger partial charge is 0.396 e. The third-order valence-corrected chi connectivity index (χ3v) is 6.19. The van der Waals surface area contributed by atoms with Crippen molar-refractivity contribution < 1.29 is 14.4 Å². The van der Waals surface area contributed by atoms with Crippen molar-refractivity contribution in [3.63, 3.8) is 0 Å². The highest BCUT2D eigenvalue weighted by Crippen LogP contribution is 2.44. The first-order chi connectivity index (χ1) is 13.6. The van der Waals surface area contributed by atoms with Gasteiger partial charge in [0.15, 0.2) is 5.82 Å². The number of amides is 1. The molecule has 0 aliphatic carbocycles. The zero-order chi connectivity index (χ0) is 19.6. The van der Waals surface area contributed by atoms with Gasteiger partial charge in [0.25, 0.3) is 0 Å². The zero-order valence-electron chi connectivity index (χ0n) is 16.4. The van der Waals surface area contributed by atoms with Crippen molar-refractivity contribution in [3.8, 4) is 0 Å². The summed E-state index contributed by atoms with van der Waals surface area (Å²) in [4.78, 5) is 21.4. The van der Waals surface area contributed by atoms with E-state index in [-0.39, 0.29) is 24.3 Å². The highest BCUT2D eigenvalue weighted by atomic mass is 16.5. The van der Waals surface area contributed by atoms with E-state index in [0.717, 1.165) is 32.5 Å². The second kappa shape index (κ2) is 8.01. The average molecular weight is 384 g/mol. The summed E-state index contributed by atoms with van der Waals surface area (Å²) in [5.41, 5.74) is 1.01. The van der Waals surface area contributed by atoms with Gasteiger partial charge in [-0.1, -0.05) is 35.5 Å². The summed E-state index contributed by atoms with van der Waals surface area (Å²) < 4.78 is 5.63. The van der Waals surface area contributed by atoms with Crippen LogP contribution in [-0.4, -0.2) is 70.3 Å². The topological polar surface area (TPSA) is 82.7 Å². The number of aliphatic hydroxyl groups is 1. The Labute approximate surface area is 165 Å². The number of rotatable bonds is 6. The molecule has 3 heterocycles. The van der Waals surface area contributed by atoms with Gasteiger partial charge in [0.2, 0.25) is 11.8 Å². The predicted octanol–water partition coefficient (Wildman–Crippen LogP) is 1.41. The third-order valence-electron chi connectivity index (χ3n) is 6.19. The number of aromatic nitrogens is 2. The normalized spacial score (nSPS) is 25.1. The number of aliphatic hydroxyl groups excluding tert-OH is 1. The lowest BCUT2D eigenvalue weighted by atomic mass is 9.73. The van der Waals surface area contributed by atoms with Gasteiger partial charge in [0.1, 0.15) is 0 Å². The number of hydrogen-bond acceptors (Lipinski definition) is 6. The molecule has 0 radical (unpaired) electrons. The molecule has 0 unspecified atom stereocenters. The van der Waals surface area contributed by atoms with Crippen LogP contribution in [0.2, 0.25) is 0 Å². The summed E-state index contributed by atoms with van der Waals surface area (Å²) in [5, 5.41) is 13.2. The fourth-order valence-corrected chi connectivity index (χ4v) is 4.71. The van der Waals surface area contributed by atoms with Gasteiger partial charge in [0.05, 0.1) is 12.0 Å². The molecule has 2 aromatic rings. The molecule has 2 aliphatic rings. The van der Waals surface area contributed by atoms with E-state index in [1.54, 1.807) is 0 Å². The van der Waals surface area contributed by atoms with E-state index >= 15 is 0 Å². The molecular formula is C21H28N4O3. The van der Waals surface area contributed by atoms with Crippen molar-refractivity contribution in [1.82, 2.24) is 19.9 Å². The number of nitrogens with zero attached hydrogens (tertiary/aromatic N) is 4. The van der Waals surface area contributed by atoms with Crippen LogP contribution in [0, 0.1) is 12.8 Å². The lowest BCUT2D eigenvalue weighted by Crippen LogP contribution is -2.52. The predicted molar refractivity (Wildman–Crippen MR) is 104 cm³/mol. The summed E-state index contributed by atoms with van der Waals surface area (Å²) in [6.45, 7) is 5.79. The molecule has 1 amide bonds. The Morgan fingerprint density at radius 3 is 2.86 bits per heavy atom. The van der Waals surface area contributed by atoms with Crippen molar-refractivity contribution in [2.24, 2.45) is 5.92 Å². The lowest BCUT2D eigenvalue weighted by Gasteiger charge is -2.41. The first kappa shape index (κ1) is 19.1. The van der Waals surface area contributed by atoms with E-state index in [9.17, 15) is 4.79 Å². The van der Waals surface area contributed by atoms with E-state index in [1.807, 2.05) is 17.9 Å². The van der Waals surface area contributed by atoms with E-state index in [0.29, 0.717) is 30.7 Å². The Morgan fingerprint density at radius 1 is 1.32 bits per heavy atom. The van der Waals surface area contributed by atoms with Gasteiger partial charge in [-0.2, -0.15) is 4.98 Å². The number of carbonyl (C=O) groups is 1. The van der Waals surface area contributed by atoms with Crippen molar-refractivity contribution >= 4 is 5.91 Å². The number of benzene rings is 1. The number of carbonyl (C=O) groups excluding carboxylic acids is 1. The minimum absolute atomic E-state index is 0.00310. The molecule has 2 atom stereocenters. The van der Waals surface area contributed by atoms with Crippen LogP contribution in [0.1, 0.15) is 30.1 Å². The summed E-state index contributed by atoms with van der Waals surface area (Å²) in [6.07, 6.45) is 2.17. The van der Waals surface area contributed by atoms with Crippen LogP contribution in [0.4, 0.5) is 0 Å². The molecule has 150 valence electrons. The standard InChI is InChI=1S/C21H28N4O3/c1-16-22-20(28-23-16)21-14-24(10-7-17-5-3-2-4-6-17)11-8-18(21)13-25(15-21)19(27)9-12-26/h2-6,18,26H,7-15H2,1H3/t18-,21-/m0/s1. The summed E-state index contributed by atoms with van der Waals surface area (Å²) >= 11 is 0. The van der Waals surface area contributed by atoms with E-state index in [2.05, 4.69) is 39.3 Å². The molecule has 0 saturated carbocycles. The number of fused-ring (bicyclic) bond motifs is 1. The summed E-state index contributed by atoms with van der Waals surface area (Å²) in [7, 11) is 0. The van der Waals surface area contributed by atoms with Gasteiger partial charge in [-0.15, -0.1) is 0 Å². The quantitative estimate of drug-likeness (QED) is 0.811. The molecule has 1 N–H and O–H groups in total. The number of likely N-dealkylation sites (tertiary alicyclic amines) is 2. The Bertz CT molecular complexity index is 809. The first-order valence-electron chi connectivity index (χ1n) is 10.1. The highest BCUT2D eigenvalue weighted by molar-refractivity contribution is 5.77. The molecule has 2 fully saturated rings. The van der Waals surface area contributed by atoms with Gasteiger partial charge in [-0.05, 0) is 37.8 Å². The highest BCUT2D eigenvalue weighted by Gasteiger charge is 2.55. The van der Waals surface area contributed by atoms with Crippen LogP contribution >= 0.6 is 0 Å². The van der Waals surface area contributed by atoms with Crippen molar-refractivity contribution in [3.05, 3.63) is 47.6 Å². The van der Waals surface area contributed by atoms with E-state index in [4.69, 9.17) is 9.63 Å². The smallest absolute Gasteiger partial charge is 0.236 e. The Kier molecular flexibility index (Phi) is 5.46. The molecule has 4 rings (SSSR count). The SMILES string of the molecule is Cc1noc([C@]23CN(CCc4ccccc4)CC[C@H]2CN(C(=O)CCO)C3)n1. The third kappa shape index (κ3) is 3.69. The second-order valence-electron chi connectivity index (χ2n) is 8.05. The number of aryl methyl sites for hydroxylation is 1. The fourth-order valence-electron chi connectivity index (χ4n) is 4.71. The molecule has 2 aliphatic heterocycles. The Morgan fingerprint density at radius 2 is 2.14 bits per heavy atom. The molecule has 0 bridgehead atoms. The van der Waals surface area contributed by atoms with Crippen LogP contribution in [-0.2, 0) is 16.6 Å². The first-order valence-corrected chi connectivity index (χ1v) is 10.1. The zero-order valence-corrected chi connectivity index (χ0v) is 16.4. The molecule has 7 nitrogen and oxygen atoms in total. The number of hydrogen-bond donors (Lipinski definition) is 1. The van der Waals surface area contributed by atoms with Crippen LogP contribution in [0.5, 0.6) is 0 Å². The van der Waals surface area contributed by atoms with Crippen LogP contribution in [0.25, 0.3) is 0 Å². The molecule has 28 heavy (non-hydrogen) atoms. The van der Waals surface area contributed by atoms with Gasteiger partial charge in [0, 0.05) is 32.6 Å². The molecule has 0 spiro atoms. The maximum absolute atomic E-state index is 12.4. The maximum Gasteiger partial charge on any atom is 0.236 e. The summed E-state index contributed by atoms with van der Waals surface area (Å²) in [5.74, 6) is 1.59. The van der Waals surface area contributed by atoms with Crippen molar-refractivity contribution in [2.75, 3.05) is 39.3 Å². The lowest BCUT2D eigenvalue weighted by molar-refractivity contribution is -0.131. The van der Waals surface area contributed by atoms with E-state index in [1.165, 1.54) is 5.56 Å². The molecule has 1 aromatic carbocycles. The average Bonchev–Trinajstić information content (AvgIpc) is 3.31. The maximum atomic E-state index is 12.4. The minimum atomic E-state index is -0.318. The van der Waals surface area contributed by atoms with Gasteiger partial charge in [-0.25, -0.2) is 0 Å². The molecule has 2 saturated heterocycles. The second-order valence-corrected chi connectivity index (χ2v) is 8.05. The summed E-state index contributed by atoms with van der Waals surface area (Å²) in [6, 6.07) is 10.5. The fraction of sp³-hybridized carbons (Fsp3) is 0.571. The van der Waals surface area contributed by atoms with Gasteiger partial charge >= 0.3 is 0 Å². The number of piperidine rings is 1. The molecule has 7 heteroatoms. The van der Waals surface area contributed by atoms with Crippen LogP contribution in [0.15, 0.2) is 34.9 Å². The van der Waals surface area contributed by atoms with E-state index < -0.39 is 0 Å². The molecule has 1 aromatic heterocycles. The van der Waals surface area contributed by atoms with Crippen LogP contribution in [0.3, 0.4) is 0 Å². The Balaban J connectivity index is 1.53. The van der Waals surface area contributed by atoms with Gasteiger partial charge in [-0.3, -0.25) is 4.79 Å². The van der Waals surface area contributed by atoms with Gasteiger partial charge < -0.3 is 19.4 Å². The molecular weight excluding hydrogens is 356 g/mol. The minimum Gasteiger partial charge on any atom is -0.396 e. The van der Waals surface area contributed by atoms with Crippen molar-refractivity contribution in [1.29, 1.82) is 0 Å². The van der Waals surface area contributed by atoms with Crippen molar-refractivity contribution in [2.45, 2.75) is 31.6 Å². The Hall–Kier alpha value is -2.25.